The fraction of sp³-hybridized carbons (Fsp3) is 0.438. The molecule has 0 saturated carbocycles. The van der Waals surface area contributed by atoms with Crippen LogP contribution in [0, 0.1) is 6.92 Å². The van der Waals surface area contributed by atoms with Crippen LogP contribution >= 0.6 is 0 Å². The van der Waals surface area contributed by atoms with Crippen LogP contribution in [0.1, 0.15) is 36.7 Å². The Morgan fingerprint density at radius 1 is 1.08 bits per heavy atom. The van der Waals surface area contributed by atoms with Gasteiger partial charge in [-0.1, -0.05) is 0 Å². The van der Waals surface area contributed by atoms with Gasteiger partial charge in [0.2, 0.25) is 0 Å². The van der Waals surface area contributed by atoms with Crippen molar-refractivity contribution in [3.63, 3.8) is 0 Å². The summed E-state index contributed by atoms with van der Waals surface area (Å²) in [6, 6.07) is 4.87. The van der Waals surface area contributed by atoms with Crippen LogP contribution in [0.3, 0.4) is 0 Å². The molecule has 0 radical (unpaired) electrons. The Bertz CT molecular complexity index is 592. The van der Waals surface area contributed by atoms with E-state index in [-0.39, 0.29) is 109 Å². The first-order valence-corrected chi connectivity index (χ1v) is 6.88. The largest absolute Gasteiger partial charge is 1.00 e. The van der Waals surface area contributed by atoms with Gasteiger partial charge in [0.05, 0.1) is 12.7 Å². The Kier molecular flexibility index (Phi) is 18.5. The molecule has 1 rings (SSSR count). The molecule has 0 atom stereocenters. The first kappa shape index (κ1) is 31.2. The van der Waals surface area contributed by atoms with Crippen LogP contribution in [-0.4, -0.2) is 37.4 Å². The molecule has 0 aromatic heterocycles. The minimum atomic E-state index is -2.33. The topological polar surface area (TPSA) is 125 Å². The van der Waals surface area contributed by atoms with Crippen LogP contribution < -0.4 is 118 Å². The molecule has 0 unspecified atom stereocenters. The maximum atomic E-state index is 11.5. The van der Waals surface area contributed by atoms with Crippen LogP contribution in [0.15, 0.2) is 18.2 Å². The van der Waals surface area contributed by atoms with Gasteiger partial charge in [0.15, 0.2) is 6.61 Å². The van der Waals surface area contributed by atoms with Crippen LogP contribution in [0.25, 0.3) is 0 Å². The van der Waals surface area contributed by atoms with Crippen LogP contribution in [0.5, 0.6) is 5.75 Å². The number of hydrogen-bond acceptors (Lipinski definition) is 8. The molecule has 0 N–H and O–H groups in total. The molecule has 134 valence electrons. The van der Waals surface area contributed by atoms with Gasteiger partial charge >= 0.3 is 115 Å². The van der Waals surface area contributed by atoms with E-state index in [2.05, 4.69) is 4.74 Å². The van der Waals surface area contributed by atoms with E-state index in [9.17, 15) is 9.59 Å². The summed E-state index contributed by atoms with van der Waals surface area (Å²) in [6.45, 7) is 7.00. The molecular formula is C16H20K2O8. The van der Waals surface area contributed by atoms with Crippen molar-refractivity contribution in [2.45, 2.75) is 33.3 Å². The summed E-state index contributed by atoms with van der Waals surface area (Å²) in [4.78, 5) is 31.2. The van der Waals surface area contributed by atoms with E-state index in [0.29, 0.717) is 11.3 Å². The molecule has 0 fully saturated rings. The van der Waals surface area contributed by atoms with Crippen molar-refractivity contribution in [3.05, 3.63) is 29.3 Å². The van der Waals surface area contributed by atoms with Crippen LogP contribution in [0.2, 0.25) is 0 Å². The summed E-state index contributed by atoms with van der Waals surface area (Å²) in [5.41, 5.74) is 0.649. The third-order valence-corrected chi connectivity index (χ3v) is 2.36. The first-order chi connectivity index (χ1) is 11.0. The first-order valence-electron chi connectivity index (χ1n) is 6.88. The van der Waals surface area contributed by atoms with Crippen molar-refractivity contribution in [2.75, 3.05) is 13.7 Å². The summed E-state index contributed by atoms with van der Waals surface area (Å²) < 4.78 is 15.2. The van der Waals surface area contributed by atoms with Gasteiger partial charge in [0.1, 0.15) is 11.4 Å². The minimum absolute atomic E-state index is 0. The number of benzene rings is 1. The maximum absolute atomic E-state index is 11.5. The predicted molar refractivity (Wildman–Crippen MR) is 79.3 cm³/mol. The number of methoxy groups -OCH3 is 1. The fourth-order valence-corrected chi connectivity index (χ4v) is 1.56. The second-order valence-electron chi connectivity index (χ2n) is 5.60. The van der Waals surface area contributed by atoms with Gasteiger partial charge in [-0.3, -0.25) is 0 Å². The molecule has 0 heterocycles. The van der Waals surface area contributed by atoms with Crippen LogP contribution in [0.4, 0.5) is 4.79 Å². The Hall–Kier alpha value is 0.503. The molecule has 1 aromatic rings. The predicted octanol–water partition coefficient (Wildman–Crippen LogP) is -5.94. The van der Waals surface area contributed by atoms with Crippen molar-refractivity contribution >= 4 is 18.1 Å². The number of carbonyl (C=O) groups excluding carboxylic acids is 3. The van der Waals surface area contributed by atoms with E-state index in [4.69, 9.17) is 24.5 Å². The monoisotopic (exact) mass is 418 g/mol. The Morgan fingerprint density at radius 3 is 1.96 bits per heavy atom. The summed E-state index contributed by atoms with van der Waals surface area (Å²) >= 11 is 0. The molecule has 0 aliphatic heterocycles. The second-order valence-corrected chi connectivity index (χ2v) is 5.60. The third-order valence-electron chi connectivity index (χ3n) is 2.36. The van der Waals surface area contributed by atoms with Crippen molar-refractivity contribution in [1.29, 1.82) is 0 Å². The molecule has 26 heavy (non-hydrogen) atoms. The Morgan fingerprint density at radius 2 is 1.58 bits per heavy atom. The number of ether oxygens (including phenoxy) is 3. The van der Waals surface area contributed by atoms with Crippen molar-refractivity contribution in [3.8, 4) is 5.75 Å². The maximum Gasteiger partial charge on any atom is 1.00 e. The third kappa shape index (κ3) is 15.5. The van der Waals surface area contributed by atoms with E-state index in [1.165, 1.54) is 7.11 Å². The Balaban J connectivity index is -0.000000798. The van der Waals surface area contributed by atoms with E-state index in [1.807, 2.05) is 0 Å². The number of aryl methyl sites for hydroxylation is 1. The van der Waals surface area contributed by atoms with Gasteiger partial charge in [-0.2, -0.15) is 0 Å². The molecule has 0 saturated heterocycles. The average Bonchev–Trinajstić information content (AvgIpc) is 2.42. The summed E-state index contributed by atoms with van der Waals surface area (Å²) in [7, 11) is 1.32. The average molecular weight is 419 g/mol. The van der Waals surface area contributed by atoms with E-state index >= 15 is 0 Å². The smallest absolute Gasteiger partial charge is 0.652 e. The molecule has 10 heteroatoms. The summed E-state index contributed by atoms with van der Waals surface area (Å²) in [5, 5.41) is 16.7. The number of esters is 2. The summed E-state index contributed by atoms with van der Waals surface area (Å²) in [6.07, 6.45) is -2.33. The quantitative estimate of drug-likeness (QED) is 0.350. The second kappa shape index (κ2) is 15.4. The van der Waals surface area contributed by atoms with E-state index < -0.39 is 23.7 Å². The number of hydrogen-bond donors (Lipinski definition) is 0. The van der Waals surface area contributed by atoms with Gasteiger partial charge in [-0.05, 0) is 57.6 Å². The van der Waals surface area contributed by atoms with E-state index in [1.54, 1.807) is 45.9 Å². The van der Waals surface area contributed by atoms with Gasteiger partial charge in [0.25, 0.3) is 0 Å². The van der Waals surface area contributed by atoms with Gasteiger partial charge in [0, 0.05) is 0 Å². The molecule has 1 aromatic carbocycles. The molecule has 8 nitrogen and oxygen atoms in total. The SMILES string of the molecule is COC(=O)c1ccc(OCC(=O)OC(C)(C)C)c(C)c1.O=C([O-])[O-].[K+].[K+]. The number of carboxylic acid groups (broad SMARTS) is 2. The van der Waals surface area contributed by atoms with Crippen molar-refractivity contribution in [1.82, 2.24) is 0 Å². The molecule has 0 aliphatic carbocycles. The fourth-order valence-electron chi connectivity index (χ4n) is 1.56. The van der Waals surface area contributed by atoms with Crippen molar-refractivity contribution < 1.29 is 142 Å². The Labute approximate surface area is 237 Å². The zero-order chi connectivity index (χ0) is 18.9. The van der Waals surface area contributed by atoms with Gasteiger partial charge < -0.3 is 29.2 Å². The zero-order valence-corrected chi connectivity index (χ0v) is 22.5. The molecule has 0 aliphatic rings. The summed E-state index contributed by atoms with van der Waals surface area (Å²) in [5.74, 6) is -0.316. The van der Waals surface area contributed by atoms with Gasteiger partial charge in [-0.25, -0.2) is 9.59 Å². The zero-order valence-electron chi connectivity index (χ0n) is 16.2. The standard InChI is InChI=1S/C15H20O5.CH2O3.2K/c1-10-8-11(14(17)18-5)6-7-12(10)19-9-13(16)20-15(2,3)4;2-1(3)4;;/h6-8H,9H2,1-5H3;(H2,2,3,4);;/q;;2*+1/p-2. The number of carbonyl (C=O) groups is 3. The van der Waals surface area contributed by atoms with Crippen molar-refractivity contribution in [2.24, 2.45) is 0 Å². The van der Waals surface area contributed by atoms with E-state index in [0.717, 1.165) is 5.56 Å². The molecular weight excluding hydrogens is 398 g/mol. The minimum Gasteiger partial charge on any atom is -0.652 e. The number of rotatable bonds is 4. The molecule has 0 bridgehead atoms. The molecule has 0 amide bonds. The van der Waals surface area contributed by atoms with Crippen LogP contribution in [-0.2, 0) is 14.3 Å². The molecule has 0 spiro atoms. The van der Waals surface area contributed by atoms with Gasteiger partial charge in [-0.15, -0.1) is 0 Å². The normalized spacial score (nSPS) is 9.27.